The summed E-state index contributed by atoms with van der Waals surface area (Å²) in [6.07, 6.45) is 4.44. The van der Waals surface area contributed by atoms with Gasteiger partial charge in [-0.25, -0.2) is 19.6 Å². The van der Waals surface area contributed by atoms with Gasteiger partial charge in [-0.15, -0.1) is 0 Å². The number of carbonyl (C=O) groups excluding carboxylic acids is 1. The lowest BCUT2D eigenvalue weighted by atomic mass is 10.1. The first kappa shape index (κ1) is 17.3. The van der Waals surface area contributed by atoms with E-state index >= 15 is 0 Å². The molecule has 0 aromatic carbocycles. The minimum atomic E-state index is -0.248. The fraction of sp³-hybridized carbons (Fsp3) is 0.588. The molecule has 1 fully saturated rings. The van der Waals surface area contributed by atoms with Crippen molar-refractivity contribution < 1.29 is 4.79 Å². The molecule has 0 unspecified atom stereocenters. The molecule has 0 spiro atoms. The average molecular weight is 343 g/mol. The number of hydrogen-bond acceptors (Lipinski definition) is 6. The van der Waals surface area contributed by atoms with Gasteiger partial charge in [0.15, 0.2) is 0 Å². The summed E-state index contributed by atoms with van der Waals surface area (Å²) in [4.78, 5) is 25.4. The summed E-state index contributed by atoms with van der Waals surface area (Å²) in [5.74, 6) is 1.49. The van der Waals surface area contributed by atoms with E-state index in [1.165, 1.54) is 6.33 Å². The van der Waals surface area contributed by atoms with Gasteiger partial charge in [-0.2, -0.15) is 5.10 Å². The number of carbonyl (C=O) groups is 1. The second kappa shape index (κ2) is 7.16. The van der Waals surface area contributed by atoms with Gasteiger partial charge in [-0.3, -0.25) is 4.79 Å². The van der Waals surface area contributed by atoms with Crippen LogP contribution in [0.1, 0.15) is 61.7 Å². The number of rotatable bonds is 7. The molecular weight excluding hydrogens is 318 g/mol. The molecule has 1 amide bonds. The third kappa shape index (κ3) is 4.12. The van der Waals surface area contributed by atoms with E-state index in [-0.39, 0.29) is 17.9 Å². The fourth-order valence-electron chi connectivity index (χ4n) is 2.95. The zero-order valence-electron chi connectivity index (χ0n) is 14.9. The molecule has 0 radical (unpaired) electrons. The first-order valence-electron chi connectivity index (χ1n) is 8.80. The number of anilines is 1. The van der Waals surface area contributed by atoms with E-state index in [1.807, 2.05) is 11.6 Å². The Bertz CT molecular complexity index is 751. The highest BCUT2D eigenvalue weighted by atomic mass is 16.2. The van der Waals surface area contributed by atoms with E-state index in [1.54, 1.807) is 6.07 Å². The summed E-state index contributed by atoms with van der Waals surface area (Å²) in [5.41, 5.74) is 6.87. The molecule has 3 rings (SSSR count). The van der Waals surface area contributed by atoms with Crippen molar-refractivity contribution in [1.29, 1.82) is 0 Å². The Labute approximate surface area is 147 Å². The molecule has 0 aliphatic heterocycles. The van der Waals surface area contributed by atoms with Gasteiger partial charge in [-0.05, 0) is 44.1 Å². The highest BCUT2D eigenvalue weighted by molar-refractivity contribution is 5.92. The molecule has 2 aromatic heterocycles. The SMILES string of the molecule is CCn1ncnc1[C@H](NC(=O)c1cc(CC(C)C)nc(N)n1)C1CC1. The predicted octanol–water partition coefficient (Wildman–Crippen LogP) is 1.75. The van der Waals surface area contributed by atoms with Crippen LogP contribution in [0.3, 0.4) is 0 Å². The highest BCUT2D eigenvalue weighted by Gasteiger charge is 2.36. The molecule has 25 heavy (non-hydrogen) atoms. The Balaban J connectivity index is 1.81. The maximum absolute atomic E-state index is 12.8. The molecule has 2 aromatic rings. The van der Waals surface area contributed by atoms with Gasteiger partial charge in [0, 0.05) is 12.2 Å². The van der Waals surface area contributed by atoms with Crippen LogP contribution in [0.5, 0.6) is 0 Å². The van der Waals surface area contributed by atoms with Crippen LogP contribution in [-0.4, -0.2) is 30.6 Å². The van der Waals surface area contributed by atoms with Crippen molar-refractivity contribution in [3.05, 3.63) is 29.6 Å². The Hall–Kier alpha value is -2.51. The molecule has 1 saturated carbocycles. The Morgan fingerprint density at radius 3 is 2.80 bits per heavy atom. The Morgan fingerprint density at radius 1 is 1.40 bits per heavy atom. The van der Waals surface area contributed by atoms with Gasteiger partial charge < -0.3 is 11.1 Å². The number of aryl methyl sites for hydroxylation is 1. The summed E-state index contributed by atoms with van der Waals surface area (Å²) in [5, 5.41) is 7.29. The number of nitrogens with zero attached hydrogens (tertiary/aromatic N) is 5. The van der Waals surface area contributed by atoms with Crippen LogP contribution in [0.15, 0.2) is 12.4 Å². The van der Waals surface area contributed by atoms with Gasteiger partial charge >= 0.3 is 0 Å². The minimum Gasteiger partial charge on any atom is -0.368 e. The van der Waals surface area contributed by atoms with Gasteiger partial charge in [0.05, 0.1) is 6.04 Å². The van der Waals surface area contributed by atoms with Crippen molar-refractivity contribution in [2.75, 3.05) is 5.73 Å². The standard InChI is InChI=1S/C17H25N7O/c1-4-24-15(19-9-20-24)14(11-5-6-11)23-16(25)13-8-12(7-10(2)3)21-17(18)22-13/h8-11,14H,4-7H2,1-3H3,(H,23,25)(H2,18,21,22)/t14-/m1/s1. The first-order valence-corrected chi connectivity index (χ1v) is 8.80. The van der Waals surface area contributed by atoms with Crippen molar-refractivity contribution in [1.82, 2.24) is 30.0 Å². The lowest BCUT2D eigenvalue weighted by Gasteiger charge is -2.18. The summed E-state index contributed by atoms with van der Waals surface area (Å²) < 4.78 is 1.82. The van der Waals surface area contributed by atoms with Crippen molar-refractivity contribution in [2.45, 2.75) is 52.6 Å². The van der Waals surface area contributed by atoms with Crippen LogP contribution in [0.4, 0.5) is 5.95 Å². The van der Waals surface area contributed by atoms with E-state index in [0.717, 1.165) is 30.8 Å². The summed E-state index contributed by atoms with van der Waals surface area (Å²) in [7, 11) is 0. The van der Waals surface area contributed by atoms with Crippen molar-refractivity contribution in [2.24, 2.45) is 11.8 Å². The van der Waals surface area contributed by atoms with Crippen LogP contribution in [-0.2, 0) is 13.0 Å². The third-order valence-corrected chi connectivity index (χ3v) is 4.25. The molecule has 2 heterocycles. The smallest absolute Gasteiger partial charge is 0.270 e. The number of nitrogens with two attached hydrogens (primary N) is 1. The number of nitrogen functional groups attached to an aromatic ring is 1. The summed E-state index contributed by atoms with van der Waals surface area (Å²) in [6.45, 7) is 6.91. The molecule has 1 atom stereocenters. The average Bonchev–Trinajstić information content (AvgIpc) is 3.28. The minimum absolute atomic E-state index is 0.128. The van der Waals surface area contributed by atoms with Crippen LogP contribution < -0.4 is 11.1 Å². The zero-order chi connectivity index (χ0) is 18.0. The van der Waals surface area contributed by atoms with Crippen LogP contribution in [0, 0.1) is 11.8 Å². The zero-order valence-corrected chi connectivity index (χ0v) is 14.9. The highest BCUT2D eigenvalue weighted by Crippen LogP contribution is 2.40. The number of nitrogens with one attached hydrogen (secondary N) is 1. The van der Waals surface area contributed by atoms with E-state index < -0.39 is 0 Å². The van der Waals surface area contributed by atoms with E-state index in [2.05, 4.69) is 39.2 Å². The third-order valence-electron chi connectivity index (χ3n) is 4.25. The number of amides is 1. The second-order valence-electron chi connectivity index (χ2n) is 6.92. The van der Waals surface area contributed by atoms with Crippen molar-refractivity contribution >= 4 is 11.9 Å². The molecular formula is C17H25N7O. The lowest BCUT2D eigenvalue weighted by molar-refractivity contribution is 0.0923. The molecule has 8 nitrogen and oxygen atoms in total. The van der Waals surface area contributed by atoms with Gasteiger partial charge in [0.2, 0.25) is 5.95 Å². The van der Waals surface area contributed by atoms with E-state index in [9.17, 15) is 4.79 Å². The van der Waals surface area contributed by atoms with Crippen LogP contribution in [0.25, 0.3) is 0 Å². The summed E-state index contributed by atoms with van der Waals surface area (Å²) >= 11 is 0. The monoisotopic (exact) mass is 343 g/mol. The van der Waals surface area contributed by atoms with Crippen molar-refractivity contribution in [3.63, 3.8) is 0 Å². The molecule has 134 valence electrons. The molecule has 3 N–H and O–H groups in total. The van der Waals surface area contributed by atoms with Crippen LogP contribution >= 0.6 is 0 Å². The maximum atomic E-state index is 12.8. The molecule has 8 heteroatoms. The normalized spacial score (nSPS) is 15.4. The van der Waals surface area contributed by atoms with Gasteiger partial charge in [0.1, 0.15) is 17.8 Å². The number of aromatic nitrogens is 5. The van der Waals surface area contributed by atoms with Crippen molar-refractivity contribution in [3.8, 4) is 0 Å². The topological polar surface area (TPSA) is 112 Å². The second-order valence-corrected chi connectivity index (χ2v) is 6.92. The van der Waals surface area contributed by atoms with E-state index in [0.29, 0.717) is 24.1 Å². The van der Waals surface area contributed by atoms with E-state index in [4.69, 9.17) is 5.73 Å². The molecule has 0 saturated heterocycles. The predicted molar refractivity (Wildman–Crippen MR) is 93.6 cm³/mol. The largest absolute Gasteiger partial charge is 0.368 e. The molecule has 1 aliphatic carbocycles. The number of hydrogen-bond donors (Lipinski definition) is 2. The Kier molecular flexibility index (Phi) is 4.96. The Morgan fingerprint density at radius 2 is 2.16 bits per heavy atom. The van der Waals surface area contributed by atoms with Crippen LogP contribution in [0.2, 0.25) is 0 Å². The fourth-order valence-corrected chi connectivity index (χ4v) is 2.95. The first-order chi connectivity index (χ1) is 12.0. The maximum Gasteiger partial charge on any atom is 0.270 e. The summed E-state index contributed by atoms with van der Waals surface area (Å²) in [6, 6.07) is 1.57. The molecule has 0 bridgehead atoms. The van der Waals surface area contributed by atoms with Gasteiger partial charge in [0.25, 0.3) is 5.91 Å². The van der Waals surface area contributed by atoms with Gasteiger partial charge in [-0.1, -0.05) is 13.8 Å². The quantitative estimate of drug-likeness (QED) is 0.792. The molecule has 1 aliphatic rings. The lowest BCUT2D eigenvalue weighted by Crippen LogP contribution is -2.33.